The molecule has 0 aromatic heterocycles. The van der Waals surface area contributed by atoms with E-state index in [0.29, 0.717) is 6.54 Å². The minimum Gasteiger partial charge on any atom is -0.465 e. The van der Waals surface area contributed by atoms with Crippen molar-refractivity contribution in [3.63, 3.8) is 0 Å². The van der Waals surface area contributed by atoms with Gasteiger partial charge >= 0.3 is 12.1 Å². The zero-order chi connectivity index (χ0) is 12.8. The van der Waals surface area contributed by atoms with Crippen molar-refractivity contribution in [2.45, 2.75) is 20.3 Å². The Morgan fingerprint density at radius 3 is 2.53 bits per heavy atom. The minimum atomic E-state index is -0.867. The van der Waals surface area contributed by atoms with Gasteiger partial charge in [0, 0.05) is 19.5 Å². The first-order chi connectivity index (χ1) is 8.10. The van der Waals surface area contributed by atoms with Gasteiger partial charge in [0.15, 0.2) is 5.78 Å². The van der Waals surface area contributed by atoms with Crippen LogP contribution in [-0.4, -0.2) is 49.0 Å². The number of carbonyl (C=O) groups is 3. The first-order valence-corrected chi connectivity index (χ1v) is 5.71. The lowest BCUT2D eigenvalue weighted by molar-refractivity contribution is -0.153. The van der Waals surface area contributed by atoms with Crippen LogP contribution in [0.1, 0.15) is 20.3 Å². The van der Waals surface area contributed by atoms with Crippen LogP contribution < -0.4 is 0 Å². The number of nitrogens with zero attached hydrogens (tertiary/aromatic N) is 1. The quantitative estimate of drug-likeness (QED) is 0.536. The molecule has 1 amide bonds. The molecule has 0 spiro atoms. The SMILES string of the molecule is CCOC(=O)[C@H]1CN(C(=O)OCC)CCC1=O. The normalized spacial score (nSPS) is 20.0. The molecule has 1 rings (SSSR count). The molecule has 0 radical (unpaired) electrons. The van der Waals surface area contributed by atoms with Crippen LogP contribution in [0.3, 0.4) is 0 Å². The number of ketones is 1. The van der Waals surface area contributed by atoms with E-state index in [1.807, 2.05) is 0 Å². The molecule has 0 aromatic carbocycles. The lowest BCUT2D eigenvalue weighted by Crippen LogP contribution is -2.47. The highest BCUT2D eigenvalue weighted by Gasteiger charge is 2.36. The van der Waals surface area contributed by atoms with Gasteiger partial charge in [-0.2, -0.15) is 0 Å². The molecule has 0 N–H and O–H groups in total. The van der Waals surface area contributed by atoms with Gasteiger partial charge in [-0.05, 0) is 13.8 Å². The Labute approximate surface area is 99.9 Å². The maximum atomic E-state index is 11.6. The second-order valence-corrected chi connectivity index (χ2v) is 3.67. The Hall–Kier alpha value is -1.59. The number of Topliss-reactive ketones (excluding diaryl/α,β-unsaturated/α-hetero) is 1. The van der Waals surface area contributed by atoms with E-state index in [2.05, 4.69) is 0 Å². The standard InChI is InChI=1S/C11H17NO5/c1-3-16-10(14)8-7-12(6-5-9(8)13)11(15)17-4-2/h8H,3-7H2,1-2H3/t8-/m0/s1. The number of rotatable bonds is 3. The van der Waals surface area contributed by atoms with E-state index in [0.717, 1.165) is 0 Å². The topological polar surface area (TPSA) is 72.9 Å². The number of ether oxygens (including phenoxy) is 2. The molecular formula is C11H17NO5. The Bertz CT molecular complexity index is 315. The monoisotopic (exact) mass is 243 g/mol. The summed E-state index contributed by atoms with van der Waals surface area (Å²) in [5.41, 5.74) is 0. The highest BCUT2D eigenvalue weighted by molar-refractivity contribution is 6.00. The first-order valence-electron chi connectivity index (χ1n) is 5.71. The molecule has 1 aliphatic rings. The Morgan fingerprint density at radius 1 is 1.29 bits per heavy atom. The number of carbonyl (C=O) groups excluding carboxylic acids is 3. The number of likely N-dealkylation sites (tertiary alicyclic amines) is 1. The van der Waals surface area contributed by atoms with Gasteiger partial charge in [-0.1, -0.05) is 0 Å². The summed E-state index contributed by atoms with van der Waals surface area (Å²) in [6, 6.07) is 0. The molecule has 1 atom stereocenters. The van der Waals surface area contributed by atoms with Crippen LogP contribution in [0.5, 0.6) is 0 Å². The summed E-state index contributed by atoms with van der Waals surface area (Å²) in [6.07, 6.45) is -0.322. The molecule has 0 aromatic rings. The van der Waals surface area contributed by atoms with Gasteiger partial charge in [-0.15, -0.1) is 0 Å². The molecule has 0 unspecified atom stereocenters. The molecule has 6 heteroatoms. The Kier molecular flexibility index (Phi) is 4.93. The van der Waals surface area contributed by atoms with Crippen molar-refractivity contribution in [1.29, 1.82) is 0 Å². The average molecular weight is 243 g/mol. The molecule has 0 saturated carbocycles. The maximum Gasteiger partial charge on any atom is 0.409 e. The number of piperidine rings is 1. The molecule has 1 fully saturated rings. The van der Waals surface area contributed by atoms with Crippen LogP contribution in [0.25, 0.3) is 0 Å². The third-order valence-electron chi connectivity index (χ3n) is 2.52. The highest BCUT2D eigenvalue weighted by Crippen LogP contribution is 2.15. The van der Waals surface area contributed by atoms with Gasteiger partial charge in [-0.3, -0.25) is 9.59 Å². The number of esters is 1. The van der Waals surface area contributed by atoms with Gasteiger partial charge in [0.1, 0.15) is 5.92 Å². The molecular weight excluding hydrogens is 226 g/mol. The molecule has 1 saturated heterocycles. The lowest BCUT2D eigenvalue weighted by Gasteiger charge is -2.29. The summed E-state index contributed by atoms with van der Waals surface area (Å²) in [6.45, 7) is 4.23. The zero-order valence-electron chi connectivity index (χ0n) is 10.1. The Morgan fingerprint density at radius 2 is 1.94 bits per heavy atom. The smallest absolute Gasteiger partial charge is 0.409 e. The molecule has 1 heterocycles. The van der Waals surface area contributed by atoms with Gasteiger partial charge in [0.25, 0.3) is 0 Å². The van der Waals surface area contributed by atoms with Crippen molar-refractivity contribution in [3.05, 3.63) is 0 Å². The summed E-state index contributed by atoms with van der Waals surface area (Å²) >= 11 is 0. The van der Waals surface area contributed by atoms with Crippen LogP contribution in [0, 0.1) is 5.92 Å². The fourth-order valence-corrected chi connectivity index (χ4v) is 1.66. The molecule has 0 aliphatic carbocycles. The van der Waals surface area contributed by atoms with Crippen molar-refractivity contribution in [2.24, 2.45) is 5.92 Å². The Balaban J connectivity index is 2.62. The third kappa shape index (κ3) is 3.44. The molecule has 17 heavy (non-hydrogen) atoms. The molecule has 0 bridgehead atoms. The predicted molar refractivity (Wildman–Crippen MR) is 58.3 cm³/mol. The van der Waals surface area contributed by atoms with Crippen molar-refractivity contribution < 1.29 is 23.9 Å². The van der Waals surface area contributed by atoms with Crippen LogP contribution in [0.2, 0.25) is 0 Å². The van der Waals surface area contributed by atoms with E-state index in [-0.39, 0.29) is 32.0 Å². The number of hydrogen-bond donors (Lipinski definition) is 0. The van der Waals surface area contributed by atoms with E-state index in [4.69, 9.17) is 9.47 Å². The van der Waals surface area contributed by atoms with E-state index in [1.165, 1.54) is 4.90 Å². The van der Waals surface area contributed by atoms with Crippen LogP contribution in [-0.2, 0) is 19.1 Å². The minimum absolute atomic E-state index is 0.0521. The fourth-order valence-electron chi connectivity index (χ4n) is 1.66. The van der Waals surface area contributed by atoms with E-state index >= 15 is 0 Å². The third-order valence-corrected chi connectivity index (χ3v) is 2.52. The second-order valence-electron chi connectivity index (χ2n) is 3.67. The number of hydrogen-bond acceptors (Lipinski definition) is 5. The van der Waals surface area contributed by atoms with Gasteiger partial charge < -0.3 is 14.4 Å². The van der Waals surface area contributed by atoms with E-state index in [9.17, 15) is 14.4 Å². The van der Waals surface area contributed by atoms with Crippen molar-refractivity contribution in [2.75, 3.05) is 26.3 Å². The zero-order valence-corrected chi connectivity index (χ0v) is 10.1. The van der Waals surface area contributed by atoms with Crippen LogP contribution >= 0.6 is 0 Å². The molecule has 96 valence electrons. The maximum absolute atomic E-state index is 11.6. The molecule has 1 aliphatic heterocycles. The summed E-state index contributed by atoms with van der Waals surface area (Å²) in [4.78, 5) is 35.9. The fraction of sp³-hybridized carbons (Fsp3) is 0.727. The summed E-state index contributed by atoms with van der Waals surface area (Å²) in [5, 5.41) is 0. The summed E-state index contributed by atoms with van der Waals surface area (Å²) in [5.74, 6) is -1.61. The first kappa shape index (κ1) is 13.5. The van der Waals surface area contributed by atoms with Gasteiger partial charge in [0.2, 0.25) is 0 Å². The van der Waals surface area contributed by atoms with Crippen molar-refractivity contribution in [3.8, 4) is 0 Å². The highest BCUT2D eigenvalue weighted by atomic mass is 16.6. The van der Waals surface area contributed by atoms with Gasteiger partial charge in [-0.25, -0.2) is 4.79 Å². The number of amides is 1. The van der Waals surface area contributed by atoms with Crippen molar-refractivity contribution >= 4 is 17.8 Å². The molecule has 6 nitrogen and oxygen atoms in total. The van der Waals surface area contributed by atoms with Crippen molar-refractivity contribution in [1.82, 2.24) is 4.90 Å². The lowest BCUT2D eigenvalue weighted by atomic mass is 9.97. The van der Waals surface area contributed by atoms with E-state index in [1.54, 1.807) is 13.8 Å². The van der Waals surface area contributed by atoms with E-state index < -0.39 is 18.0 Å². The summed E-state index contributed by atoms with van der Waals surface area (Å²) in [7, 11) is 0. The second kappa shape index (κ2) is 6.22. The van der Waals surface area contributed by atoms with Gasteiger partial charge in [0.05, 0.1) is 13.2 Å². The summed E-state index contributed by atoms with van der Waals surface area (Å²) < 4.78 is 9.63. The predicted octanol–water partition coefficient (Wildman–Crippen LogP) is 0.597. The van der Waals surface area contributed by atoms with Crippen LogP contribution in [0.4, 0.5) is 4.79 Å². The average Bonchev–Trinajstić information content (AvgIpc) is 2.30. The van der Waals surface area contributed by atoms with Crippen LogP contribution in [0.15, 0.2) is 0 Å². The largest absolute Gasteiger partial charge is 0.465 e.